The molecular weight excluding hydrogens is 542 g/mol. The molecule has 11 nitrogen and oxygen atoms in total. The molecule has 0 saturated carbocycles. The van der Waals surface area contributed by atoms with Crippen molar-refractivity contribution in [3.63, 3.8) is 0 Å². The van der Waals surface area contributed by atoms with E-state index in [2.05, 4.69) is 39.3 Å². The second kappa shape index (κ2) is 11.9. The summed E-state index contributed by atoms with van der Waals surface area (Å²) < 4.78 is 29.1. The van der Waals surface area contributed by atoms with Gasteiger partial charge < -0.3 is 15.4 Å². The highest BCUT2D eigenvalue weighted by molar-refractivity contribution is 7.90. The molecule has 0 aliphatic carbocycles. The zero-order valence-electron chi connectivity index (χ0n) is 23.3. The SMILES string of the molecule is CC(C)(CNc1cccc(-c2ccc3cnc(CNC(=O)c4cncc(S(C)(=O)=O)c4)cc3n2)n1)N1CCOCC1. The number of carbonyl (C=O) groups is 1. The van der Waals surface area contributed by atoms with Crippen molar-refractivity contribution >= 4 is 32.5 Å². The van der Waals surface area contributed by atoms with E-state index in [9.17, 15) is 13.2 Å². The van der Waals surface area contributed by atoms with E-state index in [0.717, 1.165) is 67.2 Å². The van der Waals surface area contributed by atoms with Crippen molar-refractivity contribution < 1.29 is 17.9 Å². The normalized spacial score (nSPS) is 14.6. The number of hydrogen-bond donors (Lipinski definition) is 2. The van der Waals surface area contributed by atoms with E-state index < -0.39 is 15.7 Å². The van der Waals surface area contributed by atoms with Crippen molar-refractivity contribution in [3.8, 4) is 11.4 Å². The Hall–Kier alpha value is -4.00. The molecule has 1 saturated heterocycles. The van der Waals surface area contributed by atoms with Crippen LogP contribution in [0.15, 0.2) is 66.0 Å². The van der Waals surface area contributed by atoms with E-state index in [1.54, 1.807) is 6.20 Å². The zero-order valence-corrected chi connectivity index (χ0v) is 24.1. The average molecular weight is 576 g/mol. The Morgan fingerprint density at radius 3 is 2.59 bits per heavy atom. The summed E-state index contributed by atoms with van der Waals surface area (Å²) >= 11 is 0. The Labute approximate surface area is 239 Å². The molecule has 0 radical (unpaired) electrons. The van der Waals surface area contributed by atoms with E-state index in [1.807, 2.05) is 36.4 Å². The predicted molar refractivity (Wildman–Crippen MR) is 156 cm³/mol. The first-order valence-corrected chi connectivity index (χ1v) is 15.2. The third kappa shape index (κ3) is 7.02. The molecule has 214 valence electrons. The molecule has 0 atom stereocenters. The summed E-state index contributed by atoms with van der Waals surface area (Å²) in [6, 6.07) is 12.8. The van der Waals surface area contributed by atoms with Gasteiger partial charge in [-0.1, -0.05) is 6.07 Å². The van der Waals surface area contributed by atoms with Crippen LogP contribution in [0, 0.1) is 0 Å². The number of rotatable bonds is 9. The summed E-state index contributed by atoms with van der Waals surface area (Å²) in [5.74, 6) is 0.329. The number of nitrogens with one attached hydrogen (secondary N) is 2. The topological polar surface area (TPSA) is 139 Å². The smallest absolute Gasteiger partial charge is 0.253 e. The highest BCUT2D eigenvalue weighted by Gasteiger charge is 2.28. The van der Waals surface area contributed by atoms with Crippen LogP contribution in [0.1, 0.15) is 29.9 Å². The number of hydrogen-bond acceptors (Lipinski definition) is 10. The molecule has 5 rings (SSSR count). The highest BCUT2D eigenvalue weighted by atomic mass is 32.2. The van der Waals surface area contributed by atoms with Crippen LogP contribution in [-0.2, 0) is 21.1 Å². The Balaban J connectivity index is 1.27. The molecule has 4 aromatic rings. The second-order valence-electron chi connectivity index (χ2n) is 10.6. The quantitative estimate of drug-likeness (QED) is 0.306. The van der Waals surface area contributed by atoms with Gasteiger partial charge in [-0.2, -0.15) is 0 Å². The molecular formula is C29H33N7O4S. The standard InChI is InChI=1S/C29H33N7O4S/c1-29(2,36-9-11-40-12-10-36)19-33-27-6-4-5-24(35-27)25-8-7-20-16-31-22(14-26(20)34-25)17-32-28(37)21-13-23(18-30-15-21)41(3,38)39/h4-8,13-16,18H,9-12,17,19H2,1-3H3,(H,32,37)(H,33,35). The third-order valence-electron chi connectivity index (χ3n) is 7.04. The fraction of sp³-hybridized carbons (Fsp3) is 0.345. The largest absolute Gasteiger partial charge is 0.379 e. The fourth-order valence-corrected chi connectivity index (χ4v) is 5.17. The van der Waals surface area contributed by atoms with Crippen LogP contribution >= 0.6 is 0 Å². The lowest BCUT2D eigenvalue weighted by Crippen LogP contribution is -2.53. The van der Waals surface area contributed by atoms with Crippen LogP contribution in [0.5, 0.6) is 0 Å². The van der Waals surface area contributed by atoms with Crippen molar-refractivity contribution in [3.05, 3.63) is 72.3 Å². The first-order valence-electron chi connectivity index (χ1n) is 13.3. The van der Waals surface area contributed by atoms with E-state index >= 15 is 0 Å². The summed E-state index contributed by atoms with van der Waals surface area (Å²) in [5.41, 5.74) is 2.90. The summed E-state index contributed by atoms with van der Waals surface area (Å²) in [7, 11) is -3.47. The molecule has 1 fully saturated rings. The Morgan fingerprint density at radius 1 is 1.02 bits per heavy atom. The molecule has 0 spiro atoms. The van der Waals surface area contributed by atoms with E-state index in [-0.39, 0.29) is 22.5 Å². The second-order valence-corrected chi connectivity index (χ2v) is 12.6. The number of amides is 1. The maximum absolute atomic E-state index is 12.6. The van der Waals surface area contributed by atoms with Crippen LogP contribution in [0.25, 0.3) is 22.3 Å². The Kier molecular flexibility index (Phi) is 8.25. The number of carbonyl (C=O) groups excluding carboxylic acids is 1. The molecule has 0 unspecified atom stereocenters. The number of ether oxygens (including phenoxy) is 1. The van der Waals surface area contributed by atoms with Gasteiger partial charge >= 0.3 is 0 Å². The first kappa shape index (κ1) is 28.5. The van der Waals surface area contributed by atoms with Crippen LogP contribution in [0.4, 0.5) is 5.82 Å². The minimum Gasteiger partial charge on any atom is -0.379 e. The molecule has 0 bridgehead atoms. The monoisotopic (exact) mass is 575 g/mol. The maximum Gasteiger partial charge on any atom is 0.253 e. The van der Waals surface area contributed by atoms with E-state index in [1.165, 1.54) is 18.5 Å². The molecule has 12 heteroatoms. The van der Waals surface area contributed by atoms with Gasteiger partial charge in [-0.15, -0.1) is 0 Å². The van der Waals surface area contributed by atoms with Crippen molar-refractivity contribution in [2.75, 3.05) is 44.4 Å². The number of sulfone groups is 1. The summed E-state index contributed by atoms with van der Waals surface area (Å²) in [4.78, 5) is 33.0. The lowest BCUT2D eigenvalue weighted by atomic mass is 10.0. The number of morpholine rings is 1. The molecule has 1 aliphatic heterocycles. The van der Waals surface area contributed by atoms with Gasteiger partial charge in [0.25, 0.3) is 5.91 Å². The van der Waals surface area contributed by atoms with Gasteiger partial charge in [0.05, 0.1) is 52.8 Å². The van der Waals surface area contributed by atoms with Crippen molar-refractivity contribution in [1.82, 2.24) is 30.2 Å². The van der Waals surface area contributed by atoms with Gasteiger partial charge in [0.15, 0.2) is 9.84 Å². The predicted octanol–water partition coefficient (Wildman–Crippen LogP) is 2.94. The molecule has 0 aromatic carbocycles. The lowest BCUT2D eigenvalue weighted by molar-refractivity contribution is -0.00570. The van der Waals surface area contributed by atoms with Gasteiger partial charge in [0.2, 0.25) is 0 Å². The van der Waals surface area contributed by atoms with Crippen LogP contribution < -0.4 is 10.6 Å². The number of pyridine rings is 4. The Bertz CT molecular complexity index is 1670. The van der Waals surface area contributed by atoms with Crippen LogP contribution in [0.2, 0.25) is 0 Å². The van der Waals surface area contributed by atoms with Gasteiger partial charge in [0, 0.05) is 55.4 Å². The molecule has 1 aliphatic rings. The van der Waals surface area contributed by atoms with Crippen molar-refractivity contribution in [1.29, 1.82) is 0 Å². The maximum atomic E-state index is 12.6. The van der Waals surface area contributed by atoms with Gasteiger partial charge in [0.1, 0.15) is 5.82 Å². The summed E-state index contributed by atoms with van der Waals surface area (Å²) in [6.07, 6.45) is 5.32. The van der Waals surface area contributed by atoms with Crippen LogP contribution in [-0.4, -0.2) is 83.8 Å². The number of fused-ring (bicyclic) bond motifs is 1. The van der Waals surface area contributed by atoms with E-state index in [4.69, 9.17) is 14.7 Å². The molecule has 5 heterocycles. The Morgan fingerprint density at radius 2 is 1.80 bits per heavy atom. The lowest BCUT2D eigenvalue weighted by Gasteiger charge is -2.41. The minimum atomic E-state index is -3.47. The van der Waals surface area contributed by atoms with Gasteiger partial charge in [-0.05, 0) is 50.2 Å². The number of aromatic nitrogens is 4. The average Bonchev–Trinajstić information content (AvgIpc) is 2.98. The minimum absolute atomic E-state index is 0.0144. The summed E-state index contributed by atoms with van der Waals surface area (Å²) in [5, 5.41) is 7.11. The third-order valence-corrected chi connectivity index (χ3v) is 8.12. The van der Waals surface area contributed by atoms with Crippen LogP contribution in [0.3, 0.4) is 0 Å². The highest BCUT2D eigenvalue weighted by Crippen LogP contribution is 2.22. The van der Waals surface area contributed by atoms with Crippen molar-refractivity contribution in [2.45, 2.75) is 30.8 Å². The van der Waals surface area contributed by atoms with Gasteiger partial charge in [-0.3, -0.25) is 19.7 Å². The number of nitrogens with zero attached hydrogens (tertiary/aromatic N) is 5. The van der Waals surface area contributed by atoms with E-state index in [0.29, 0.717) is 5.69 Å². The van der Waals surface area contributed by atoms with Crippen molar-refractivity contribution in [2.24, 2.45) is 0 Å². The molecule has 2 N–H and O–H groups in total. The molecule has 4 aromatic heterocycles. The molecule has 1 amide bonds. The molecule has 41 heavy (non-hydrogen) atoms. The number of anilines is 1. The fourth-order valence-electron chi connectivity index (χ4n) is 4.58. The zero-order chi connectivity index (χ0) is 29.0. The first-order chi connectivity index (χ1) is 19.6. The van der Waals surface area contributed by atoms with Gasteiger partial charge in [-0.25, -0.2) is 18.4 Å². The summed E-state index contributed by atoms with van der Waals surface area (Å²) in [6.45, 7) is 8.66.